The topological polar surface area (TPSA) is 34.1 Å². The molecule has 0 aliphatic rings. The van der Waals surface area contributed by atoms with Gasteiger partial charge in [0, 0.05) is 6.42 Å². The Kier molecular flexibility index (Phi) is 13.9. The zero-order valence-electron chi connectivity index (χ0n) is 8.25. The van der Waals surface area contributed by atoms with E-state index in [-0.39, 0.29) is 29.2 Å². The molecule has 0 atom stereocenters. The molecule has 0 aliphatic heterocycles. The summed E-state index contributed by atoms with van der Waals surface area (Å²) in [5.41, 5.74) is 0. The van der Waals surface area contributed by atoms with Gasteiger partial charge in [-0.05, 0) is 6.42 Å². The minimum absolute atomic E-state index is 0. The number of ketones is 1. The molecule has 2 nitrogen and oxygen atoms in total. The van der Waals surface area contributed by atoms with Crippen LogP contribution < -0.4 is 0 Å². The molecule has 0 aromatic heterocycles. The van der Waals surface area contributed by atoms with E-state index in [0.29, 0.717) is 12.7 Å². The van der Waals surface area contributed by atoms with Crippen LogP contribution in [-0.4, -0.2) is 12.1 Å². The van der Waals surface area contributed by atoms with E-state index in [0.717, 1.165) is 12.8 Å². The lowest BCUT2D eigenvalue weighted by Crippen LogP contribution is -1.97. The Bertz CT molecular complexity index is 135. The molecule has 0 heterocycles. The molecule has 0 fully saturated rings. The van der Waals surface area contributed by atoms with Gasteiger partial charge in [-0.3, -0.25) is 4.79 Å². The van der Waals surface area contributed by atoms with Crippen molar-refractivity contribution in [2.45, 2.75) is 51.9 Å². The monoisotopic (exact) mass is 250 g/mol. The van der Waals surface area contributed by atoms with Gasteiger partial charge in [-0.15, -0.1) is 17.0 Å². The summed E-state index contributed by atoms with van der Waals surface area (Å²) in [5.74, 6) is 0.0847. The van der Waals surface area contributed by atoms with Crippen molar-refractivity contribution in [2.24, 2.45) is 0 Å². The molecule has 78 valence electrons. The van der Waals surface area contributed by atoms with Crippen molar-refractivity contribution in [1.29, 1.82) is 0 Å². The zero-order valence-corrected chi connectivity index (χ0v) is 9.96. The Balaban J connectivity index is 0. The van der Waals surface area contributed by atoms with E-state index in [2.05, 4.69) is 6.92 Å². The highest BCUT2D eigenvalue weighted by atomic mass is 79.9. The van der Waals surface area contributed by atoms with Crippen LogP contribution >= 0.6 is 17.0 Å². The first-order chi connectivity index (χ1) is 5.81. The summed E-state index contributed by atoms with van der Waals surface area (Å²) in [6, 6.07) is 0. The van der Waals surface area contributed by atoms with Crippen LogP contribution in [0.25, 0.3) is 0 Å². The summed E-state index contributed by atoms with van der Waals surface area (Å²) >= 11 is 0. The lowest BCUT2D eigenvalue weighted by molar-refractivity contribution is -0.122. The Hall–Kier alpha value is -0.180. The van der Waals surface area contributed by atoms with E-state index in [4.69, 9.17) is 0 Å². The number of hydrogen-bond donors (Lipinski definition) is 0. The molecule has 0 aromatic carbocycles. The van der Waals surface area contributed by atoms with E-state index in [1.54, 1.807) is 0 Å². The van der Waals surface area contributed by atoms with E-state index < -0.39 is 0 Å². The van der Waals surface area contributed by atoms with Crippen molar-refractivity contribution in [3.63, 3.8) is 0 Å². The van der Waals surface area contributed by atoms with Gasteiger partial charge in [0.2, 0.25) is 0 Å². The zero-order chi connectivity index (χ0) is 9.23. The van der Waals surface area contributed by atoms with Gasteiger partial charge in [-0.2, -0.15) is 0 Å². The molecule has 0 amide bonds. The van der Waals surface area contributed by atoms with E-state index in [9.17, 15) is 9.59 Å². The van der Waals surface area contributed by atoms with E-state index in [1.807, 2.05) is 0 Å². The first-order valence-electron chi connectivity index (χ1n) is 4.76. The van der Waals surface area contributed by atoms with Crippen LogP contribution in [0.5, 0.6) is 0 Å². The molecule has 3 heteroatoms. The highest BCUT2D eigenvalue weighted by Gasteiger charge is 1.99. The van der Waals surface area contributed by atoms with Gasteiger partial charge in [0.05, 0.1) is 6.42 Å². The molecule has 13 heavy (non-hydrogen) atoms. The molecule has 0 radical (unpaired) electrons. The Morgan fingerprint density at radius 3 is 2.31 bits per heavy atom. The molecular formula is C10H19BrO2. The van der Waals surface area contributed by atoms with Crippen molar-refractivity contribution in [3.05, 3.63) is 0 Å². The molecule has 0 bridgehead atoms. The maximum absolute atomic E-state index is 10.8. The van der Waals surface area contributed by atoms with Gasteiger partial charge >= 0.3 is 0 Å². The van der Waals surface area contributed by atoms with E-state index in [1.165, 1.54) is 19.3 Å². The van der Waals surface area contributed by atoms with Crippen molar-refractivity contribution in [2.75, 3.05) is 0 Å². The van der Waals surface area contributed by atoms with Crippen LogP contribution in [0.2, 0.25) is 0 Å². The number of unbranched alkanes of at least 4 members (excludes halogenated alkanes) is 4. The average molecular weight is 251 g/mol. The third-order valence-corrected chi connectivity index (χ3v) is 1.87. The summed E-state index contributed by atoms with van der Waals surface area (Å²) in [4.78, 5) is 20.8. The van der Waals surface area contributed by atoms with Crippen LogP contribution in [0, 0.1) is 0 Å². The number of Topliss-reactive ketones (excluding diaryl/α,β-unsaturated/α-hetero) is 1. The fourth-order valence-electron chi connectivity index (χ4n) is 1.12. The number of carbonyl (C=O) groups excluding carboxylic acids is 2. The second kappa shape index (κ2) is 11.8. The number of carbonyl (C=O) groups is 2. The van der Waals surface area contributed by atoms with Crippen molar-refractivity contribution < 1.29 is 9.59 Å². The van der Waals surface area contributed by atoms with Crippen molar-refractivity contribution in [3.8, 4) is 0 Å². The number of rotatable bonds is 8. The van der Waals surface area contributed by atoms with Gasteiger partial charge in [0.1, 0.15) is 12.1 Å². The first-order valence-corrected chi connectivity index (χ1v) is 4.76. The highest BCUT2D eigenvalue weighted by molar-refractivity contribution is 8.93. The molecular weight excluding hydrogens is 232 g/mol. The third-order valence-electron chi connectivity index (χ3n) is 1.87. The van der Waals surface area contributed by atoms with Gasteiger partial charge in [-0.25, -0.2) is 0 Å². The number of aldehydes is 1. The largest absolute Gasteiger partial charge is 0.303 e. The number of hydrogen-bond acceptors (Lipinski definition) is 2. The maximum atomic E-state index is 10.8. The van der Waals surface area contributed by atoms with Gasteiger partial charge in [-0.1, -0.05) is 32.6 Å². The smallest absolute Gasteiger partial charge is 0.139 e. The normalized spacial score (nSPS) is 9.00. The fourth-order valence-corrected chi connectivity index (χ4v) is 1.12. The summed E-state index contributed by atoms with van der Waals surface area (Å²) in [7, 11) is 0. The second-order valence-corrected chi connectivity index (χ2v) is 3.07. The van der Waals surface area contributed by atoms with Gasteiger partial charge < -0.3 is 4.79 Å². The molecule has 0 aromatic rings. The summed E-state index contributed by atoms with van der Waals surface area (Å²) in [6.07, 6.45) is 7.14. The standard InChI is InChI=1S/C10H18O2.BrH/c1-2-3-4-5-6-7-10(12)8-9-11;/h9H,2-8H2,1H3;1H. The summed E-state index contributed by atoms with van der Waals surface area (Å²) in [6.45, 7) is 2.16. The summed E-state index contributed by atoms with van der Waals surface area (Å²) < 4.78 is 0. The Morgan fingerprint density at radius 1 is 1.15 bits per heavy atom. The Labute approximate surface area is 90.9 Å². The van der Waals surface area contributed by atoms with Crippen LogP contribution in [0.4, 0.5) is 0 Å². The maximum Gasteiger partial charge on any atom is 0.139 e. The molecule has 0 saturated heterocycles. The van der Waals surface area contributed by atoms with Crippen molar-refractivity contribution >= 4 is 29.1 Å². The van der Waals surface area contributed by atoms with Crippen LogP contribution in [0.3, 0.4) is 0 Å². The first kappa shape index (κ1) is 15.3. The lowest BCUT2D eigenvalue weighted by Gasteiger charge is -1.97. The fraction of sp³-hybridized carbons (Fsp3) is 0.800. The van der Waals surface area contributed by atoms with Crippen LogP contribution in [0.1, 0.15) is 51.9 Å². The molecule has 0 saturated carbocycles. The third kappa shape index (κ3) is 11.8. The van der Waals surface area contributed by atoms with Crippen molar-refractivity contribution in [1.82, 2.24) is 0 Å². The van der Waals surface area contributed by atoms with Gasteiger partial charge in [0.25, 0.3) is 0 Å². The SMILES string of the molecule is Br.CCCCCCCC(=O)CC=O. The summed E-state index contributed by atoms with van der Waals surface area (Å²) in [5, 5.41) is 0. The molecule has 0 aliphatic carbocycles. The van der Waals surface area contributed by atoms with E-state index >= 15 is 0 Å². The molecule has 0 unspecified atom stereocenters. The quantitative estimate of drug-likeness (QED) is 0.377. The predicted molar refractivity (Wildman–Crippen MR) is 59.4 cm³/mol. The molecule has 0 spiro atoms. The molecule has 0 rings (SSSR count). The number of halogens is 1. The average Bonchev–Trinajstić information content (AvgIpc) is 2.05. The lowest BCUT2D eigenvalue weighted by atomic mass is 10.1. The second-order valence-electron chi connectivity index (χ2n) is 3.07. The van der Waals surface area contributed by atoms with Gasteiger partial charge in [0.15, 0.2) is 0 Å². The Morgan fingerprint density at radius 2 is 1.77 bits per heavy atom. The minimum atomic E-state index is 0. The highest BCUT2D eigenvalue weighted by Crippen LogP contribution is 2.05. The molecule has 0 N–H and O–H groups in total. The predicted octanol–water partition coefficient (Wildman–Crippen LogP) is 3.08. The van der Waals surface area contributed by atoms with Crippen LogP contribution in [0.15, 0.2) is 0 Å². The van der Waals surface area contributed by atoms with Crippen LogP contribution in [-0.2, 0) is 9.59 Å². The minimum Gasteiger partial charge on any atom is -0.303 e.